The van der Waals surface area contributed by atoms with E-state index in [1.807, 2.05) is 16.8 Å². The second kappa shape index (κ2) is 7.86. The Morgan fingerprint density at radius 2 is 2.06 bits per heavy atom. The van der Waals surface area contributed by atoms with Gasteiger partial charge >= 0.3 is 10.3 Å². The molecule has 0 aliphatic heterocycles. The normalized spacial score (nSPS) is 25.7. The predicted octanol–water partition coefficient (Wildman–Crippen LogP) is 2.06. The number of anilines is 1. The van der Waals surface area contributed by atoms with Crippen LogP contribution >= 0.6 is 0 Å². The van der Waals surface area contributed by atoms with Crippen molar-refractivity contribution in [2.75, 3.05) is 11.9 Å². The number of hydrogen-bond acceptors (Lipinski definition) is 7. The summed E-state index contributed by atoms with van der Waals surface area (Å²) in [5.41, 5.74) is 3.47. The fraction of sp³-hybridized carbons (Fsp3) is 0.429. The van der Waals surface area contributed by atoms with E-state index in [9.17, 15) is 13.5 Å². The summed E-state index contributed by atoms with van der Waals surface area (Å²) in [6.07, 6.45) is 5.96. The van der Waals surface area contributed by atoms with Crippen molar-refractivity contribution in [1.82, 2.24) is 14.5 Å². The van der Waals surface area contributed by atoms with E-state index < -0.39 is 16.4 Å². The third kappa shape index (κ3) is 4.03. The van der Waals surface area contributed by atoms with Crippen LogP contribution in [-0.2, 0) is 20.9 Å². The summed E-state index contributed by atoms with van der Waals surface area (Å²) in [6.45, 7) is -0.126. The van der Waals surface area contributed by atoms with Gasteiger partial charge in [-0.3, -0.25) is 4.18 Å². The second-order valence-electron chi connectivity index (χ2n) is 8.35. The van der Waals surface area contributed by atoms with Gasteiger partial charge in [0.15, 0.2) is 0 Å². The number of aromatic nitrogens is 3. The highest BCUT2D eigenvalue weighted by atomic mass is 32.2. The largest absolute Gasteiger partial charge is 0.393 e. The maximum atomic E-state index is 11.1. The van der Waals surface area contributed by atoms with E-state index >= 15 is 0 Å². The van der Waals surface area contributed by atoms with Crippen LogP contribution in [0.15, 0.2) is 42.9 Å². The van der Waals surface area contributed by atoms with Crippen LogP contribution in [0.5, 0.6) is 0 Å². The molecule has 2 heterocycles. The van der Waals surface area contributed by atoms with Crippen molar-refractivity contribution < 1.29 is 17.7 Å². The number of benzene rings is 1. The number of aliphatic hydroxyl groups excluding tert-OH is 1. The van der Waals surface area contributed by atoms with Crippen LogP contribution in [0.1, 0.15) is 42.5 Å². The van der Waals surface area contributed by atoms with Crippen LogP contribution in [0.25, 0.3) is 11.0 Å². The Morgan fingerprint density at radius 1 is 1.23 bits per heavy atom. The third-order valence-corrected chi connectivity index (χ3v) is 6.89. The minimum atomic E-state index is -4.03. The summed E-state index contributed by atoms with van der Waals surface area (Å²) >= 11 is 0. The van der Waals surface area contributed by atoms with Crippen molar-refractivity contribution in [3.05, 3.63) is 54.0 Å². The maximum Gasteiger partial charge on any atom is 0.333 e. The molecule has 1 aromatic carbocycles. The SMILES string of the molecule is NS(=O)(=O)OCC1C[C@@H](n2ccc3c(N[C@H]4CCc5ccccc54)ncnc32)C[C@@H]1O. The first-order valence-corrected chi connectivity index (χ1v) is 11.9. The lowest BCUT2D eigenvalue weighted by Crippen LogP contribution is -2.24. The van der Waals surface area contributed by atoms with Gasteiger partial charge in [-0.2, -0.15) is 8.42 Å². The number of aryl methyl sites for hydroxylation is 1. The predicted molar refractivity (Wildman–Crippen MR) is 115 cm³/mol. The molecule has 0 spiro atoms. The summed E-state index contributed by atoms with van der Waals surface area (Å²) in [7, 11) is -4.03. The van der Waals surface area contributed by atoms with Crippen molar-refractivity contribution in [2.24, 2.45) is 11.1 Å². The molecular formula is C21H25N5O4S. The monoisotopic (exact) mass is 443 g/mol. The first kappa shape index (κ1) is 20.4. The number of hydrogen-bond donors (Lipinski definition) is 3. The van der Waals surface area contributed by atoms with Gasteiger partial charge in [0.1, 0.15) is 17.8 Å². The molecule has 0 saturated heterocycles. The average Bonchev–Trinajstić information content (AvgIpc) is 3.43. The molecule has 2 aliphatic carbocycles. The van der Waals surface area contributed by atoms with Crippen molar-refractivity contribution in [2.45, 2.75) is 43.9 Å². The standard InChI is InChI=1S/C21H25N5O4S/c22-31(28,29)30-11-14-9-15(10-19(14)27)26-8-7-17-20(23-12-24-21(17)26)25-18-6-5-13-3-1-2-4-16(13)18/h1-4,7-8,12,14-15,18-19,27H,5-6,9-11H2,(H2,22,28,29)(H,23,24,25)/t14?,15-,18+,19+/m1/s1. The smallest absolute Gasteiger partial charge is 0.333 e. The zero-order valence-corrected chi connectivity index (χ0v) is 17.7. The van der Waals surface area contributed by atoms with Crippen LogP contribution in [0.2, 0.25) is 0 Å². The molecule has 4 N–H and O–H groups in total. The van der Waals surface area contributed by atoms with E-state index in [2.05, 4.69) is 39.6 Å². The number of aliphatic hydroxyl groups is 1. The molecule has 1 saturated carbocycles. The van der Waals surface area contributed by atoms with Crippen LogP contribution in [-0.4, -0.2) is 40.8 Å². The highest BCUT2D eigenvalue weighted by Crippen LogP contribution is 2.39. The minimum Gasteiger partial charge on any atom is -0.393 e. The van der Waals surface area contributed by atoms with E-state index in [-0.39, 0.29) is 24.6 Å². The summed E-state index contributed by atoms with van der Waals surface area (Å²) in [5, 5.41) is 19.8. The molecule has 1 unspecified atom stereocenters. The van der Waals surface area contributed by atoms with E-state index in [0.717, 1.165) is 29.7 Å². The Balaban J connectivity index is 1.37. The van der Waals surface area contributed by atoms with Crippen molar-refractivity contribution in [3.8, 4) is 0 Å². The summed E-state index contributed by atoms with van der Waals surface area (Å²) in [5.74, 6) is 0.480. The number of nitrogens with two attached hydrogens (primary N) is 1. The Hall–Kier alpha value is -2.53. The number of rotatable bonds is 6. The van der Waals surface area contributed by atoms with Crippen molar-refractivity contribution in [1.29, 1.82) is 0 Å². The van der Waals surface area contributed by atoms with Crippen LogP contribution in [0.4, 0.5) is 5.82 Å². The first-order valence-electron chi connectivity index (χ1n) is 10.4. The fourth-order valence-corrected chi connectivity index (χ4v) is 5.28. The van der Waals surface area contributed by atoms with Gasteiger partial charge < -0.3 is 15.0 Å². The molecule has 5 rings (SSSR count). The fourth-order valence-electron chi connectivity index (χ4n) is 4.92. The lowest BCUT2D eigenvalue weighted by molar-refractivity contribution is 0.100. The molecule has 10 heteroatoms. The van der Waals surface area contributed by atoms with Gasteiger partial charge in [0.2, 0.25) is 0 Å². The molecule has 3 aromatic rings. The Labute approximate surface area is 180 Å². The maximum absolute atomic E-state index is 11.1. The Kier molecular flexibility index (Phi) is 5.17. The van der Waals surface area contributed by atoms with E-state index in [1.54, 1.807) is 6.33 Å². The third-order valence-electron chi connectivity index (χ3n) is 6.43. The summed E-state index contributed by atoms with van der Waals surface area (Å²) in [4.78, 5) is 8.97. The van der Waals surface area contributed by atoms with Crippen LogP contribution in [0.3, 0.4) is 0 Å². The number of nitrogens with zero attached hydrogens (tertiary/aromatic N) is 3. The highest BCUT2D eigenvalue weighted by molar-refractivity contribution is 7.84. The van der Waals surface area contributed by atoms with Gasteiger partial charge in [-0.1, -0.05) is 24.3 Å². The molecule has 2 aliphatic rings. The van der Waals surface area contributed by atoms with E-state index in [1.165, 1.54) is 11.1 Å². The van der Waals surface area contributed by atoms with Crippen molar-refractivity contribution >= 4 is 27.2 Å². The molecule has 4 atom stereocenters. The van der Waals surface area contributed by atoms with Gasteiger partial charge in [0, 0.05) is 18.2 Å². The molecule has 31 heavy (non-hydrogen) atoms. The van der Waals surface area contributed by atoms with Crippen LogP contribution < -0.4 is 10.5 Å². The topological polar surface area (TPSA) is 132 Å². The lowest BCUT2D eigenvalue weighted by atomic mass is 10.1. The van der Waals surface area contributed by atoms with Gasteiger partial charge in [-0.25, -0.2) is 15.1 Å². The molecule has 164 valence electrons. The lowest BCUT2D eigenvalue weighted by Gasteiger charge is -2.16. The molecule has 0 bridgehead atoms. The zero-order valence-electron chi connectivity index (χ0n) is 16.9. The molecular weight excluding hydrogens is 418 g/mol. The van der Waals surface area contributed by atoms with Gasteiger partial charge in [-0.15, -0.1) is 0 Å². The zero-order chi connectivity index (χ0) is 21.6. The van der Waals surface area contributed by atoms with Gasteiger partial charge in [0.25, 0.3) is 0 Å². The summed E-state index contributed by atoms with van der Waals surface area (Å²) < 4.78 is 28.9. The quantitative estimate of drug-likeness (QED) is 0.531. The van der Waals surface area contributed by atoms with Gasteiger partial charge in [-0.05, 0) is 42.9 Å². The molecule has 9 nitrogen and oxygen atoms in total. The first-order chi connectivity index (χ1) is 14.9. The van der Waals surface area contributed by atoms with E-state index in [4.69, 9.17) is 9.32 Å². The molecule has 0 amide bonds. The average molecular weight is 444 g/mol. The Bertz CT molecular complexity index is 1210. The van der Waals surface area contributed by atoms with Crippen molar-refractivity contribution in [3.63, 3.8) is 0 Å². The second-order valence-corrected chi connectivity index (χ2v) is 9.57. The van der Waals surface area contributed by atoms with Gasteiger partial charge in [0.05, 0.1) is 24.1 Å². The highest BCUT2D eigenvalue weighted by Gasteiger charge is 2.35. The molecule has 0 radical (unpaired) electrons. The molecule has 2 aromatic heterocycles. The number of nitrogens with one attached hydrogen (secondary N) is 1. The summed E-state index contributed by atoms with van der Waals surface area (Å²) in [6, 6.07) is 10.6. The Morgan fingerprint density at radius 3 is 2.90 bits per heavy atom. The van der Waals surface area contributed by atoms with E-state index in [0.29, 0.717) is 12.8 Å². The molecule has 1 fully saturated rings. The minimum absolute atomic E-state index is 0.0171. The van der Waals surface area contributed by atoms with Crippen LogP contribution in [0, 0.1) is 5.92 Å². The number of fused-ring (bicyclic) bond motifs is 2.